The monoisotopic (exact) mass is 274 g/mol. The van der Waals surface area contributed by atoms with Gasteiger partial charge in [0.05, 0.1) is 20.9 Å². The topological polar surface area (TPSA) is 90.2 Å². The number of rotatable bonds is 1. The van der Waals surface area contributed by atoms with E-state index in [-0.39, 0.29) is 32.5 Å². The summed E-state index contributed by atoms with van der Waals surface area (Å²) in [7, 11) is 0. The van der Waals surface area contributed by atoms with E-state index in [0.717, 1.165) is 23.0 Å². The molecule has 2 aromatic rings. The number of nitro groups is 1. The number of nitrogens with zero attached hydrogens (tertiary/aromatic N) is 2. The third kappa shape index (κ3) is 1.59. The summed E-state index contributed by atoms with van der Waals surface area (Å²) in [6.45, 7) is 1.76. The van der Waals surface area contributed by atoms with Gasteiger partial charge in [-0.1, -0.05) is 11.3 Å². The molecule has 1 aliphatic carbocycles. The first kappa shape index (κ1) is 11.7. The van der Waals surface area contributed by atoms with Gasteiger partial charge in [0.2, 0.25) is 11.6 Å². The van der Waals surface area contributed by atoms with Crippen LogP contribution in [-0.2, 0) is 0 Å². The van der Waals surface area contributed by atoms with E-state index in [1.54, 1.807) is 13.0 Å². The van der Waals surface area contributed by atoms with Crippen molar-refractivity contribution in [1.29, 1.82) is 0 Å². The van der Waals surface area contributed by atoms with E-state index in [1.165, 1.54) is 6.20 Å². The molecule has 0 saturated carbocycles. The van der Waals surface area contributed by atoms with Gasteiger partial charge >= 0.3 is 5.00 Å². The van der Waals surface area contributed by atoms with Crippen LogP contribution in [0.25, 0.3) is 0 Å². The Morgan fingerprint density at radius 1 is 1.21 bits per heavy atom. The molecule has 0 bridgehead atoms. The zero-order valence-electron chi connectivity index (χ0n) is 9.67. The zero-order valence-corrected chi connectivity index (χ0v) is 10.5. The Morgan fingerprint density at radius 2 is 1.95 bits per heavy atom. The van der Waals surface area contributed by atoms with Crippen molar-refractivity contribution in [2.75, 3.05) is 0 Å². The van der Waals surface area contributed by atoms with E-state index in [1.807, 2.05) is 0 Å². The molecule has 0 atom stereocenters. The predicted molar refractivity (Wildman–Crippen MR) is 66.8 cm³/mol. The Balaban J connectivity index is 2.26. The molecule has 0 fully saturated rings. The van der Waals surface area contributed by atoms with Crippen LogP contribution in [-0.4, -0.2) is 21.5 Å². The summed E-state index contributed by atoms with van der Waals surface area (Å²) in [6, 6.07) is 2.72. The van der Waals surface area contributed by atoms with Gasteiger partial charge in [-0.25, -0.2) is 0 Å². The number of ketones is 2. The van der Waals surface area contributed by atoms with Crippen LogP contribution in [0, 0.1) is 17.0 Å². The van der Waals surface area contributed by atoms with Crippen LogP contribution in [0.1, 0.15) is 36.9 Å². The Labute approximate surface area is 110 Å². The van der Waals surface area contributed by atoms with E-state index in [4.69, 9.17) is 0 Å². The number of carbonyl (C=O) groups is 2. The van der Waals surface area contributed by atoms with Crippen LogP contribution in [0.4, 0.5) is 5.00 Å². The summed E-state index contributed by atoms with van der Waals surface area (Å²) in [6.07, 6.45) is 1.50. The minimum absolute atomic E-state index is 0.0656. The zero-order chi connectivity index (χ0) is 13.7. The number of hydrogen-bond donors (Lipinski definition) is 0. The lowest BCUT2D eigenvalue weighted by molar-refractivity contribution is -0.380. The van der Waals surface area contributed by atoms with Gasteiger partial charge in [-0.05, 0) is 18.6 Å². The summed E-state index contributed by atoms with van der Waals surface area (Å²) in [5, 5.41) is 10.5. The maximum Gasteiger partial charge on any atom is 0.325 e. The SMILES string of the molecule is Cc1cnc2c(c1)C(=O)c1sc([N+](=O)[O-])cc1C2=O. The standard InChI is InChI=1S/C12H6N2O4S/c1-5-2-6-9(13-4-5)10(15)7-3-8(14(17)18)19-12(7)11(6)16/h2-4H,1H3. The van der Waals surface area contributed by atoms with Crippen LogP contribution < -0.4 is 0 Å². The third-order valence-corrected chi connectivity index (χ3v) is 3.92. The molecule has 2 heterocycles. The molecule has 1 aliphatic rings. The molecule has 0 unspecified atom stereocenters. The summed E-state index contributed by atoms with van der Waals surface area (Å²) in [5.41, 5.74) is 1.12. The highest BCUT2D eigenvalue weighted by molar-refractivity contribution is 7.17. The second-order valence-electron chi connectivity index (χ2n) is 4.15. The van der Waals surface area contributed by atoms with Gasteiger partial charge in [-0.15, -0.1) is 0 Å². The van der Waals surface area contributed by atoms with Crippen molar-refractivity contribution in [2.24, 2.45) is 0 Å². The summed E-state index contributed by atoms with van der Waals surface area (Å²) >= 11 is 0.728. The second kappa shape index (κ2) is 3.79. The fourth-order valence-electron chi connectivity index (χ4n) is 1.98. The average Bonchev–Trinajstić information content (AvgIpc) is 2.81. The highest BCUT2D eigenvalue weighted by atomic mass is 32.1. The van der Waals surface area contributed by atoms with Crippen molar-refractivity contribution >= 4 is 27.9 Å². The lowest BCUT2D eigenvalue weighted by atomic mass is 9.92. The number of carbonyl (C=O) groups excluding carboxylic acids is 2. The first-order valence-corrected chi connectivity index (χ1v) is 6.15. The fourth-order valence-corrected chi connectivity index (χ4v) is 2.90. The van der Waals surface area contributed by atoms with Crippen molar-refractivity contribution in [3.8, 4) is 0 Å². The van der Waals surface area contributed by atoms with Crippen molar-refractivity contribution < 1.29 is 14.5 Å². The highest BCUT2D eigenvalue weighted by Crippen LogP contribution is 2.36. The summed E-state index contributed by atoms with van der Waals surface area (Å²) in [4.78, 5) is 38.6. The van der Waals surface area contributed by atoms with Gasteiger partial charge < -0.3 is 0 Å². The number of fused-ring (bicyclic) bond motifs is 2. The molecule has 0 spiro atoms. The second-order valence-corrected chi connectivity index (χ2v) is 5.18. The minimum atomic E-state index is -0.604. The molecule has 0 aliphatic heterocycles. The van der Waals surface area contributed by atoms with Crippen molar-refractivity contribution in [3.05, 3.63) is 55.7 Å². The van der Waals surface area contributed by atoms with E-state index in [9.17, 15) is 19.7 Å². The van der Waals surface area contributed by atoms with Crippen LogP contribution in [0.15, 0.2) is 18.3 Å². The number of aromatic nitrogens is 1. The maximum atomic E-state index is 12.2. The molecule has 2 aromatic heterocycles. The Morgan fingerprint density at radius 3 is 2.63 bits per heavy atom. The van der Waals surface area contributed by atoms with Crippen LogP contribution in [0.2, 0.25) is 0 Å². The maximum absolute atomic E-state index is 12.2. The van der Waals surface area contributed by atoms with Gasteiger partial charge in [-0.2, -0.15) is 0 Å². The molecule has 19 heavy (non-hydrogen) atoms. The molecule has 0 N–H and O–H groups in total. The molecule has 3 rings (SSSR count). The van der Waals surface area contributed by atoms with E-state index in [0.29, 0.717) is 0 Å². The van der Waals surface area contributed by atoms with Crippen LogP contribution in [0.3, 0.4) is 0 Å². The fraction of sp³-hybridized carbons (Fsp3) is 0.0833. The number of aryl methyl sites for hydroxylation is 1. The average molecular weight is 274 g/mol. The van der Waals surface area contributed by atoms with E-state index in [2.05, 4.69) is 4.98 Å². The minimum Gasteiger partial charge on any atom is -0.288 e. The van der Waals surface area contributed by atoms with Crippen LogP contribution in [0.5, 0.6) is 0 Å². The number of thiophene rings is 1. The van der Waals surface area contributed by atoms with Crippen molar-refractivity contribution in [1.82, 2.24) is 4.98 Å². The predicted octanol–water partition coefficient (Wildman–Crippen LogP) is 2.14. The molecular weight excluding hydrogens is 268 g/mol. The Kier molecular flexibility index (Phi) is 2.33. The normalized spacial score (nSPS) is 13.1. The van der Waals surface area contributed by atoms with Gasteiger partial charge in [-0.3, -0.25) is 24.7 Å². The first-order valence-electron chi connectivity index (χ1n) is 5.33. The molecule has 6 nitrogen and oxygen atoms in total. The Hall–Kier alpha value is -2.41. The van der Waals surface area contributed by atoms with Gasteiger partial charge in [0.1, 0.15) is 5.69 Å². The summed E-state index contributed by atoms with van der Waals surface area (Å²) in [5.74, 6) is -0.812. The van der Waals surface area contributed by atoms with Crippen LogP contribution >= 0.6 is 11.3 Å². The van der Waals surface area contributed by atoms with Gasteiger partial charge in [0.25, 0.3) is 0 Å². The molecule has 7 heteroatoms. The van der Waals surface area contributed by atoms with E-state index < -0.39 is 10.7 Å². The molecule has 0 saturated heterocycles. The number of pyridine rings is 1. The van der Waals surface area contributed by atoms with Crippen molar-refractivity contribution in [2.45, 2.75) is 6.92 Å². The lowest BCUT2D eigenvalue weighted by Crippen LogP contribution is -2.20. The molecule has 0 aromatic carbocycles. The summed E-state index contributed by atoms with van der Waals surface area (Å²) < 4.78 is 0. The quantitative estimate of drug-likeness (QED) is 0.501. The lowest BCUT2D eigenvalue weighted by Gasteiger charge is -2.12. The smallest absolute Gasteiger partial charge is 0.288 e. The molecule has 94 valence electrons. The van der Waals surface area contributed by atoms with Gasteiger partial charge in [0.15, 0.2) is 0 Å². The first-order chi connectivity index (χ1) is 8.99. The Bertz CT molecular complexity index is 763. The highest BCUT2D eigenvalue weighted by Gasteiger charge is 2.35. The molecule has 0 amide bonds. The largest absolute Gasteiger partial charge is 0.325 e. The number of hydrogen-bond acceptors (Lipinski definition) is 6. The molecular formula is C12H6N2O4S. The molecule has 0 radical (unpaired) electrons. The van der Waals surface area contributed by atoms with E-state index >= 15 is 0 Å². The third-order valence-electron chi connectivity index (χ3n) is 2.83. The van der Waals surface area contributed by atoms with Gasteiger partial charge in [0, 0.05) is 12.3 Å². The van der Waals surface area contributed by atoms with Crippen molar-refractivity contribution in [3.63, 3.8) is 0 Å².